The average Bonchev–Trinajstić information content (AvgIpc) is 3.09. The zero-order valence-electron chi connectivity index (χ0n) is 13.9. The van der Waals surface area contributed by atoms with Crippen LogP contribution in [0.1, 0.15) is 43.7 Å². The lowest BCUT2D eigenvalue weighted by atomic mass is 10.0. The fourth-order valence-corrected chi connectivity index (χ4v) is 3.46. The molecule has 2 aliphatic rings. The molecule has 6 heteroatoms. The maximum Gasteiger partial charge on any atom is 0.247 e. The van der Waals surface area contributed by atoms with E-state index in [2.05, 4.69) is 10.6 Å². The molecule has 2 atom stereocenters. The van der Waals surface area contributed by atoms with Crippen LogP contribution < -0.4 is 10.6 Å². The van der Waals surface area contributed by atoms with Gasteiger partial charge in [-0.05, 0) is 37.8 Å². The van der Waals surface area contributed by atoms with Crippen molar-refractivity contribution in [3.05, 3.63) is 35.9 Å². The number of hydrogen-bond acceptors (Lipinski definition) is 3. The summed E-state index contributed by atoms with van der Waals surface area (Å²) >= 11 is 0. The fourth-order valence-electron chi connectivity index (χ4n) is 3.46. The molecule has 0 bridgehead atoms. The topological polar surface area (TPSA) is 61.4 Å². The summed E-state index contributed by atoms with van der Waals surface area (Å²) in [5.41, 5.74) is 0.889. The van der Waals surface area contributed by atoms with Crippen LogP contribution in [0.3, 0.4) is 0 Å². The fraction of sp³-hybridized carbons (Fsp3) is 0.556. The van der Waals surface area contributed by atoms with Gasteiger partial charge in [-0.15, -0.1) is 12.4 Å². The first-order valence-electron chi connectivity index (χ1n) is 8.61. The van der Waals surface area contributed by atoms with Crippen LogP contribution in [0.4, 0.5) is 0 Å². The first-order valence-corrected chi connectivity index (χ1v) is 8.61. The Bertz CT molecular complexity index is 546. The number of carbonyl (C=O) groups excluding carboxylic acids is 2. The molecule has 2 amide bonds. The number of rotatable bonds is 5. The van der Waals surface area contributed by atoms with Gasteiger partial charge in [0.1, 0.15) is 6.04 Å². The van der Waals surface area contributed by atoms with Gasteiger partial charge in [0.25, 0.3) is 0 Å². The van der Waals surface area contributed by atoms with Crippen molar-refractivity contribution in [1.82, 2.24) is 15.5 Å². The summed E-state index contributed by atoms with van der Waals surface area (Å²) in [6, 6.07) is 9.47. The van der Waals surface area contributed by atoms with E-state index in [0.717, 1.165) is 37.8 Å². The van der Waals surface area contributed by atoms with Gasteiger partial charge in [-0.3, -0.25) is 9.59 Å². The highest BCUT2D eigenvalue weighted by Gasteiger charge is 2.32. The van der Waals surface area contributed by atoms with Gasteiger partial charge >= 0.3 is 0 Å². The van der Waals surface area contributed by atoms with Crippen LogP contribution in [0.5, 0.6) is 0 Å². The molecular formula is C18H26ClN3O2. The van der Waals surface area contributed by atoms with Crippen molar-refractivity contribution in [2.75, 3.05) is 19.6 Å². The number of halogens is 1. The van der Waals surface area contributed by atoms with Crippen LogP contribution >= 0.6 is 12.4 Å². The second-order valence-corrected chi connectivity index (χ2v) is 6.40. The molecule has 2 saturated heterocycles. The van der Waals surface area contributed by atoms with Crippen molar-refractivity contribution in [2.45, 2.75) is 44.2 Å². The number of piperidine rings is 1. The number of nitrogens with zero attached hydrogens (tertiary/aromatic N) is 1. The number of carbonyl (C=O) groups is 2. The molecule has 1 aromatic carbocycles. The first-order chi connectivity index (χ1) is 11.3. The molecular weight excluding hydrogens is 326 g/mol. The first kappa shape index (κ1) is 18.7. The Morgan fingerprint density at radius 2 is 2.04 bits per heavy atom. The van der Waals surface area contributed by atoms with Gasteiger partial charge in [0.2, 0.25) is 11.8 Å². The molecule has 3 rings (SSSR count). The summed E-state index contributed by atoms with van der Waals surface area (Å²) in [5.74, 6) is 0.0133. The Labute approximate surface area is 149 Å². The van der Waals surface area contributed by atoms with E-state index in [0.29, 0.717) is 25.6 Å². The Kier molecular flexibility index (Phi) is 7.06. The van der Waals surface area contributed by atoms with E-state index in [1.165, 1.54) is 0 Å². The van der Waals surface area contributed by atoms with E-state index in [4.69, 9.17) is 0 Å². The summed E-state index contributed by atoms with van der Waals surface area (Å²) in [7, 11) is 0. The molecule has 132 valence electrons. The van der Waals surface area contributed by atoms with Crippen molar-refractivity contribution in [1.29, 1.82) is 0 Å². The van der Waals surface area contributed by atoms with Crippen LogP contribution in [0.2, 0.25) is 0 Å². The molecule has 0 spiro atoms. The summed E-state index contributed by atoms with van der Waals surface area (Å²) in [5, 5.41) is 6.43. The minimum absolute atomic E-state index is 0. The molecule has 2 fully saturated rings. The lowest BCUT2D eigenvalue weighted by Gasteiger charge is -2.34. The Morgan fingerprint density at radius 3 is 2.71 bits per heavy atom. The van der Waals surface area contributed by atoms with Crippen molar-refractivity contribution in [3.8, 4) is 0 Å². The summed E-state index contributed by atoms with van der Waals surface area (Å²) in [6.45, 7) is 2.31. The van der Waals surface area contributed by atoms with Gasteiger partial charge in [-0.2, -0.15) is 0 Å². The Morgan fingerprint density at radius 1 is 1.25 bits per heavy atom. The third kappa shape index (κ3) is 4.48. The van der Waals surface area contributed by atoms with Crippen LogP contribution in [0.25, 0.3) is 0 Å². The van der Waals surface area contributed by atoms with Gasteiger partial charge in [0.15, 0.2) is 0 Å². The van der Waals surface area contributed by atoms with E-state index < -0.39 is 6.04 Å². The molecule has 0 aromatic heterocycles. The molecule has 2 unspecified atom stereocenters. The van der Waals surface area contributed by atoms with Crippen molar-refractivity contribution in [2.24, 2.45) is 0 Å². The van der Waals surface area contributed by atoms with E-state index >= 15 is 0 Å². The van der Waals surface area contributed by atoms with E-state index in [1.807, 2.05) is 30.3 Å². The summed E-state index contributed by atoms with van der Waals surface area (Å²) in [4.78, 5) is 26.9. The van der Waals surface area contributed by atoms with E-state index in [1.54, 1.807) is 4.90 Å². The van der Waals surface area contributed by atoms with Crippen LogP contribution in [-0.4, -0.2) is 42.4 Å². The van der Waals surface area contributed by atoms with Gasteiger partial charge in [-0.25, -0.2) is 0 Å². The van der Waals surface area contributed by atoms with E-state index in [-0.39, 0.29) is 24.2 Å². The molecule has 0 radical (unpaired) electrons. The van der Waals surface area contributed by atoms with E-state index in [9.17, 15) is 9.59 Å². The molecule has 2 N–H and O–H groups in total. The molecule has 0 saturated carbocycles. The van der Waals surface area contributed by atoms with Gasteiger partial charge < -0.3 is 15.5 Å². The third-order valence-corrected chi connectivity index (χ3v) is 4.72. The van der Waals surface area contributed by atoms with Crippen molar-refractivity contribution >= 4 is 24.2 Å². The third-order valence-electron chi connectivity index (χ3n) is 4.72. The smallest absolute Gasteiger partial charge is 0.247 e. The number of hydrogen-bond donors (Lipinski definition) is 2. The summed E-state index contributed by atoms with van der Waals surface area (Å²) in [6.07, 6.45) is 4.68. The highest BCUT2D eigenvalue weighted by atomic mass is 35.5. The highest BCUT2D eigenvalue weighted by molar-refractivity contribution is 5.89. The van der Waals surface area contributed by atoms with Gasteiger partial charge in [0, 0.05) is 25.6 Å². The van der Waals surface area contributed by atoms with Gasteiger partial charge in [0.05, 0.1) is 0 Å². The Hall–Kier alpha value is -1.59. The zero-order valence-corrected chi connectivity index (χ0v) is 14.7. The number of amides is 2. The largest absolute Gasteiger partial charge is 0.352 e. The second-order valence-electron chi connectivity index (χ2n) is 6.40. The number of nitrogens with one attached hydrogen (secondary N) is 2. The molecule has 2 aliphatic heterocycles. The predicted octanol–water partition coefficient (Wildman–Crippen LogP) is 2.03. The standard InChI is InChI=1S/C18H25N3O2.ClH/c22-16-10-4-5-12-21(16)17(14-7-2-1-3-8-14)18(23)20-13-15-9-6-11-19-15;/h1-3,7-8,15,17,19H,4-6,9-13H2,(H,20,23);1H. The lowest BCUT2D eigenvalue weighted by molar-refractivity contribution is -0.142. The monoisotopic (exact) mass is 351 g/mol. The maximum absolute atomic E-state index is 12.8. The second kappa shape index (κ2) is 9.04. The van der Waals surface area contributed by atoms with Crippen LogP contribution in [0, 0.1) is 0 Å². The molecule has 5 nitrogen and oxygen atoms in total. The molecule has 2 heterocycles. The summed E-state index contributed by atoms with van der Waals surface area (Å²) < 4.78 is 0. The minimum atomic E-state index is -0.509. The average molecular weight is 352 g/mol. The minimum Gasteiger partial charge on any atom is -0.352 e. The molecule has 24 heavy (non-hydrogen) atoms. The lowest BCUT2D eigenvalue weighted by Crippen LogP contribution is -2.47. The predicted molar refractivity (Wildman–Crippen MR) is 96.0 cm³/mol. The van der Waals surface area contributed by atoms with Crippen molar-refractivity contribution in [3.63, 3.8) is 0 Å². The Balaban J connectivity index is 0.00000208. The molecule has 1 aromatic rings. The van der Waals surface area contributed by atoms with Gasteiger partial charge in [-0.1, -0.05) is 30.3 Å². The SMILES string of the molecule is Cl.O=C(NCC1CCCN1)C(c1ccccc1)N1CCCCC1=O. The van der Waals surface area contributed by atoms with Crippen LogP contribution in [-0.2, 0) is 9.59 Å². The quantitative estimate of drug-likeness (QED) is 0.853. The van der Waals surface area contributed by atoms with Crippen molar-refractivity contribution < 1.29 is 9.59 Å². The van der Waals surface area contributed by atoms with Crippen LogP contribution in [0.15, 0.2) is 30.3 Å². The molecule has 0 aliphatic carbocycles. The highest BCUT2D eigenvalue weighted by Crippen LogP contribution is 2.25. The maximum atomic E-state index is 12.8. The number of benzene rings is 1. The normalized spacial score (nSPS) is 21.9. The number of likely N-dealkylation sites (tertiary alicyclic amines) is 1. The zero-order chi connectivity index (χ0) is 16.1.